The molecule has 1 spiro atoms. The fourth-order valence-corrected chi connectivity index (χ4v) is 4.52. The van der Waals surface area contributed by atoms with E-state index in [1.165, 1.54) is 6.26 Å². The van der Waals surface area contributed by atoms with Crippen LogP contribution in [-0.2, 0) is 26.9 Å². The molecule has 146 valence electrons. The van der Waals surface area contributed by atoms with Crippen molar-refractivity contribution in [3.8, 4) is 0 Å². The summed E-state index contributed by atoms with van der Waals surface area (Å²) < 4.78 is 28.5. The molecule has 0 aliphatic carbocycles. The summed E-state index contributed by atoms with van der Waals surface area (Å²) in [6.45, 7) is 4.34. The lowest BCUT2D eigenvalue weighted by Crippen LogP contribution is -2.41. The number of likely N-dealkylation sites (tertiary alicyclic amines) is 1. The SMILES string of the molecule is CN=C(NCc1cccc(CS(C)(=O)=O)c1)N1CCC2(CCOC2)C1.I. The third-order valence-electron chi connectivity index (χ3n) is 5.01. The highest BCUT2D eigenvalue weighted by Crippen LogP contribution is 2.38. The van der Waals surface area contributed by atoms with Crippen molar-refractivity contribution in [3.05, 3.63) is 35.4 Å². The van der Waals surface area contributed by atoms with Gasteiger partial charge in [-0.05, 0) is 24.0 Å². The van der Waals surface area contributed by atoms with Crippen LogP contribution in [0.1, 0.15) is 24.0 Å². The maximum atomic E-state index is 11.5. The first kappa shape index (κ1) is 21.4. The van der Waals surface area contributed by atoms with Crippen LogP contribution in [0, 0.1) is 5.41 Å². The van der Waals surface area contributed by atoms with Gasteiger partial charge in [-0.3, -0.25) is 4.99 Å². The lowest BCUT2D eigenvalue weighted by atomic mass is 9.87. The monoisotopic (exact) mass is 493 g/mol. The highest BCUT2D eigenvalue weighted by Gasteiger charge is 2.42. The fourth-order valence-electron chi connectivity index (χ4n) is 3.73. The Morgan fingerprint density at radius 1 is 1.35 bits per heavy atom. The number of benzene rings is 1. The first-order chi connectivity index (χ1) is 11.9. The molecule has 1 aromatic carbocycles. The van der Waals surface area contributed by atoms with Gasteiger partial charge in [0.15, 0.2) is 15.8 Å². The van der Waals surface area contributed by atoms with Crippen molar-refractivity contribution in [2.45, 2.75) is 25.1 Å². The Labute approximate surface area is 173 Å². The third-order valence-corrected chi connectivity index (χ3v) is 5.86. The van der Waals surface area contributed by atoms with Gasteiger partial charge in [0.2, 0.25) is 0 Å². The first-order valence-electron chi connectivity index (χ1n) is 8.68. The second-order valence-electron chi connectivity index (χ2n) is 7.26. The highest BCUT2D eigenvalue weighted by molar-refractivity contribution is 14.0. The maximum Gasteiger partial charge on any atom is 0.193 e. The minimum absolute atomic E-state index is 0. The van der Waals surface area contributed by atoms with Gasteiger partial charge in [0.25, 0.3) is 0 Å². The Morgan fingerprint density at radius 2 is 2.12 bits per heavy atom. The van der Waals surface area contributed by atoms with Crippen molar-refractivity contribution in [3.63, 3.8) is 0 Å². The van der Waals surface area contributed by atoms with Crippen LogP contribution in [0.15, 0.2) is 29.3 Å². The highest BCUT2D eigenvalue weighted by atomic mass is 127. The van der Waals surface area contributed by atoms with Gasteiger partial charge >= 0.3 is 0 Å². The van der Waals surface area contributed by atoms with Crippen molar-refractivity contribution in [1.29, 1.82) is 0 Å². The largest absolute Gasteiger partial charge is 0.381 e. The number of ether oxygens (including phenoxy) is 1. The summed E-state index contributed by atoms with van der Waals surface area (Å²) in [5, 5.41) is 3.41. The van der Waals surface area contributed by atoms with E-state index in [0.717, 1.165) is 56.2 Å². The molecule has 2 aliphatic heterocycles. The summed E-state index contributed by atoms with van der Waals surface area (Å²) >= 11 is 0. The molecule has 26 heavy (non-hydrogen) atoms. The minimum Gasteiger partial charge on any atom is -0.381 e. The molecule has 1 aromatic rings. The average molecular weight is 493 g/mol. The van der Waals surface area contributed by atoms with Gasteiger partial charge < -0.3 is 15.0 Å². The zero-order chi connectivity index (χ0) is 17.9. The molecule has 1 atom stereocenters. The Kier molecular flexibility index (Phi) is 7.32. The standard InChI is InChI=1S/C18H27N3O3S.HI/c1-19-17(21-8-6-18(13-21)7-9-24-14-18)20-11-15-4-3-5-16(10-15)12-25(2,22)23;/h3-5,10H,6-9,11-14H2,1-2H3,(H,19,20);1H. The van der Waals surface area contributed by atoms with Crippen LogP contribution in [-0.4, -0.2) is 58.9 Å². The Hall–Kier alpha value is -0.870. The molecule has 6 nitrogen and oxygen atoms in total. The number of nitrogens with zero attached hydrogens (tertiary/aromatic N) is 2. The van der Waals surface area contributed by atoms with E-state index in [4.69, 9.17) is 4.74 Å². The lowest BCUT2D eigenvalue weighted by Gasteiger charge is -2.25. The molecule has 1 unspecified atom stereocenters. The van der Waals surface area contributed by atoms with Gasteiger partial charge in [-0.1, -0.05) is 24.3 Å². The predicted molar refractivity (Wildman–Crippen MR) is 115 cm³/mol. The number of rotatable bonds is 4. The number of halogens is 1. The van der Waals surface area contributed by atoms with E-state index in [9.17, 15) is 8.42 Å². The van der Waals surface area contributed by atoms with Crippen molar-refractivity contribution < 1.29 is 13.2 Å². The van der Waals surface area contributed by atoms with Crippen LogP contribution in [0.2, 0.25) is 0 Å². The summed E-state index contributed by atoms with van der Waals surface area (Å²) in [5.41, 5.74) is 2.17. The summed E-state index contributed by atoms with van der Waals surface area (Å²) in [6, 6.07) is 7.70. The third kappa shape index (κ3) is 5.56. The Balaban J connectivity index is 0.00000243. The number of guanidine groups is 1. The van der Waals surface area contributed by atoms with Crippen LogP contribution in [0.5, 0.6) is 0 Å². The molecule has 2 heterocycles. The van der Waals surface area contributed by atoms with E-state index in [1.54, 1.807) is 7.05 Å². The number of sulfone groups is 1. The number of hydrogen-bond acceptors (Lipinski definition) is 4. The van der Waals surface area contributed by atoms with Crippen molar-refractivity contribution in [2.24, 2.45) is 10.4 Å². The number of aliphatic imine (C=N–C) groups is 1. The van der Waals surface area contributed by atoms with Gasteiger partial charge in [-0.15, -0.1) is 24.0 Å². The molecule has 0 amide bonds. The second kappa shape index (κ2) is 8.88. The normalized spacial score (nSPS) is 23.3. The van der Waals surface area contributed by atoms with E-state index >= 15 is 0 Å². The molecule has 0 saturated carbocycles. The van der Waals surface area contributed by atoms with Crippen molar-refractivity contribution >= 4 is 39.8 Å². The average Bonchev–Trinajstić information content (AvgIpc) is 3.17. The molecule has 3 rings (SSSR count). The van der Waals surface area contributed by atoms with Crippen molar-refractivity contribution in [2.75, 3.05) is 39.6 Å². The van der Waals surface area contributed by atoms with E-state index in [0.29, 0.717) is 12.0 Å². The molecule has 2 fully saturated rings. The predicted octanol–water partition coefficient (Wildman–Crippen LogP) is 2.04. The van der Waals surface area contributed by atoms with E-state index < -0.39 is 9.84 Å². The molecule has 0 bridgehead atoms. The van der Waals surface area contributed by atoms with Crippen LogP contribution in [0.3, 0.4) is 0 Å². The summed E-state index contributed by atoms with van der Waals surface area (Å²) in [5.74, 6) is 0.974. The van der Waals surface area contributed by atoms with E-state index in [1.807, 2.05) is 24.3 Å². The first-order valence-corrected chi connectivity index (χ1v) is 10.7. The maximum absolute atomic E-state index is 11.5. The smallest absolute Gasteiger partial charge is 0.193 e. The van der Waals surface area contributed by atoms with E-state index in [2.05, 4.69) is 15.2 Å². The summed E-state index contributed by atoms with van der Waals surface area (Å²) in [4.78, 5) is 6.72. The summed E-state index contributed by atoms with van der Waals surface area (Å²) in [7, 11) is -1.22. The van der Waals surface area contributed by atoms with Crippen molar-refractivity contribution in [1.82, 2.24) is 10.2 Å². The van der Waals surface area contributed by atoms with Crippen LogP contribution >= 0.6 is 24.0 Å². The minimum atomic E-state index is -3.02. The van der Waals surface area contributed by atoms with Gasteiger partial charge in [0, 0.05) is 45.0 Å². The molecular formula is C18H28IN3O3S. The van der Waals surface area contributed by atoms with Crippen LogP contribution in [0.25, 0.3) is 0 Å². The quantitative estimate of drug-likeness (QED) is 0.395. The fraction of sp³-hybridized carbons (Fsp3) is 0.611. The van der Waals surface area contributed by atoms with Gasteiger partial charge in [-0.2, -0.15) is 0 Å². The molecular weight excluding hydrogens is 465 g/mol. The Bertz CT molecular complexity index is 746. The number of nitrogens with one attached hydrogen (secondary N) is 1. The van der Waals surface area contributed by atoms with Gasteiger partial charge in [0.1, 0.15) is 0 Å². The second-order valence-corrected chi connectivity index (χ2v) is 9.41. The molecule has 2 saturated heterocycles. The zero-order valence-electron chi connectivity index (χ0n) is 15.4. The molecule has 0 radical (unpaired) electrons. The van der Waals surface area contributed by atoms with Crippen LogP contribution < -0.4 is 5.32 Å². The van der Waals surface area contributed by atoms with Gasteiger partial charge in [0.05, 0.1) is 12.4 Å². The molecule has 8 heteroatoms. The zero-order valence-corrected chi connectivity index (χ0v) is 18.5. The molecule has 1 N–H and O–H groups in total. The molecule has 2 aliphatic rings. The topological polar surface area (TPSA) is 71.0 Å². The van der Waals surface area contributed by atoms with E-state index in [-0.39, 0.29) is 29.7 Å². The lowest BCUT2D eigenvalue weighted by molar-refractivity contribution is 0.156. The Morgan fingerprint density at radius 3 is 2.77 bits per heavy atom. The number of hydrogen-bond donors (Lipinski definition) is 1. The molecule has 0 aromatic heterocycles. The summed E-state index contributed by atoms with van der Waals surface area (Å²) in [6.07, 6.45) is 3.54. The van der Waals surface area contributed by atoms with Crippen LogP contribution in [0.4, 0.5) is 0 Å². The van der Waals surface area contributed by atoms with Gasteiger partial charge in [-0.25, -0.2) is 8.42 Å².